The predicted octanol–water partition coefficient (Wildman–Crippen LogP) is 21.4. The van der Waals surface area contributed by atoms with E-state index in [0.717, 1.165) is 51.4 Å². The number of hydrogen-bond acceptors (Lipinski definition) is 5. The maximum atomic E-state index is 12.5. The number of esters is 1. The van der Waals surface area contributed by atoms with E-state index in [2.05, 4.69) is 43.5 Å². The number of aliphatic hydroxyl groups excluding tert-OH is 2. The Morgan fingerprint density at radius 2 is 0.689 bits per heavy atom. The van der Waals surface area contributed by atoms with Crippen LogP contribution in [0.3, 0.4) is 0 Å². The Kier molecular flexibility index (Phi) is 62.4. The number of allylic oxidation sites excluding steroid dienone is 4. The SMILES string of the molecule is CCCC/C=C\C/C=C\CCCCCCCC(=O)OCCCCCCCCCCCCCCCCCCCCCCCC(=O)NC(CO)C(O)CCCCCCCCCCCCCCCCCCCCCCCC. The molecule has 2 unspecified atom stereocenters. The molecule has 0 fully saturated rings. The molecule has 2 atom stereocenters. The third-order valence-electron chi connectivity index (χ3n) is 15.8. The second kappa shape index (κ2) is 63.9. The first kappa shape index (κ1) is 72.3. The Bertz CT molecular complexity index is 1150. The van der Waals surface area contributed by atoms with Crippen molar-refractivity contribution in [3.05, 3.63) is 24.3 Å². The minimum atomic E-state index is -0.666. The molecule has 0 spiro atoms. The average molecular weight is 1040 g/mol. The number of rotatable bonds is 63. The van der Waals surface area contributed by atoms with E-state index in [4.69, 9.17) is 4.74 Å². The van der Waals surface area contributed by atoms with E-state index in [1.807, 2.05) is 0 Å². The molecular weight excluding hydrogens is 911 g/mol. The Morgan fingerprint density at radius 3 is 1.07 bits per heavy atom. The molecule has 0 heterocycles. The lowest BCUT2D eigenvalue weighted by Gasteiger charge is -2.22. The molecule has 0 aliphatic rings. The van der Waals surface area contributed by atoms with Gasteiger partial charge >= 0.3 is 5.97 Å². The summed E-state index contributed by atoms with van der Waals surface area (Å²) in [7, 11) is 0. The van der Waals surface area contributed by atoms with Gasteiger partial charge in [-0.05, 0) is 51.4 Å². The first-order chi connectivity index (χ1) is 36.5. The molecule has 0 radical (unpaired) electrons. The Morgan fingerprint density at radius 1 is 0.378 bits per heavy atom. The van der Waals surface area contributed by atoms with E-state index < -0.39 is 12.1 Å². The van der Waals surface area contributed by atoms with Gasteiger partial charge in [-0.25, -0.2) is 0 Å². The van der Waals surface area contributed by atoms with Gasteiger partial charge in [0.25, 0.3) is 0 Å². The summed E-state index contributed by atoms with van der Waals surface area (Å²) in [5.41, 5.74) is 0. The third kappa shape index (κ3) is 59.6. The fourth-order valence-electron chi connectivity index (χ4n) is 10.6. The highest BCUT2D eigenvalue weighted by molar-refractivity contribution is 5.76. The third-order valence-corrected chi connectivity index (χ3v) is 15.8. The number of ether oxygens (including phenoxy) is 1. The van der Waals surface area contributed by atoms with Gasteiger partial charge < -0.3 is 20.3 Å². The summed E-state index contributed by atoms with van der Waals surface area (Å²) in [5, 5.41) is 23.4. The molecule has 0 aromatic carbocycles. The summed E-state index contributed by atoms with van der Waals surface area (Å²) in [6.45, 7) is 4.94. The summed E-state index contributed by atoms with van der Waals surface area (Å²) in [6.07, 6.45) is 79.2. The van der Waals surface area contributed by atoms with Crippen molar-refractivity contribution in [2.75, 3.05) is 13.2 Å². The highest BCUT2D eigenvalue weighted by Crippen LogP contribution is 2.19. The highest BCUT2D eigenvalue weighted by Gasteiger charge is 2.20. The van der Waals surface area contributed by atoms with E-state index in [9.17, 15) is 19.8 Å². The summed E-state index contributed by atoms with van der Waals surface area (Å²) in [4.78, 5) is 24.6. The molecule has 0 aromatic heterocycles. The highest BCUT2D eigenvalue weighted by atomic mass is 16.5. The molecule has 1 amide bonds. The minimum Gasteiger partial charge on any atom is -0.466 e. The fraction of sp³-hybridized carbons (Fsp3) is 0.912. The van der Waals surface area contributed by atoms with Crippen molar-refractivity contribution in [3.8, 4) is 0 Å². The summed E-state index contributed by atoms with van der Waals surface area (Å²) in [6, 6.07) is -0.543. The normalized spacial score (nSPS) is 12.6. The molecule has 0 aliphatic heterocycles. The van der Waals surface area contributed by atoms with Crippen LogP contribution in [0.5, 0.6) is 0 Å². The largest absolute Gasteiger partial charge is 0.466 e. The van der Waals surface area contributed by atoms with E-state index in [-0.39, 0.29) is 18.5 Å². The second-order valence-electron chi connectivity index (χ2n) is 23.2. The minimum absolute atomic E-state index is 0.00179. The Hall–Kier alpha value is -1.66. The van der Waals surface area contributed by atoms with Gasteiger partial charge in [-0.3, -0.25) is 9.59 Å². The van der Waals surface area contributed by atoms with Crippen molar-refractivity contribution in [1.82, 2.24) is 5.32 Å². The molecule has 438 valence electrons. The van der Waals surface area contributed by atoms with Gasteiger partial charge in [-0.15, -0.1) is 0 Å². The first-order valence-corrected chi connectivity index (χ1v) is 33.6. The van der Waals surface area contributed by atoms with Gasteiger partial charge in [0.2, 0.25) is 5.91 Å². The number of aliphatic hydroxyl groups is 2. The van der Waals surface area contributed by atoms with Crippen LogP contribution >= 0.6 is 0 Å². The van der Waals surface area contributed by atoms with Gasteiger partial charge in [-0.2, -0.15) is 0 Å². The van der Waals surface area contributed by atoms with Crippen LogP contribution in [0.2, 0.25) is 0 Å². The predicted molar refractivity (Wildman–Crippen MR) is 324 cm³/mol. The molecule has 0 aliphatic carbocycles. The fourth-order valence-corrected chi connectivity index (χ4v) is 10.6. The second-order valence-corrected chi connectivity index (χ2v) is 23.2. The maximum absolute atomic E-state index is 12.5. The Labute approximate surface area is 462 Å². The van der Waals surface area contributed by atoms with Gasteiger partial charge in [0.1, 0.15) is 0 Å². The summed E-state index contributed by atoms with van der Waals surface area (Å²) < 4.78 is 5.48. The van der Waals surface area contributed by atoms with Crippen molar-refractivity contribution in [2.45, 2.75) is 386 Å². The molecule has 6 nitrogen and oxygen atoms in total. The van der Waals surface area contributed by atoms with E-state index >= 15 is 0 Å². The van der Waals surface area contributed by atoms with Crippen LogP contribution in [0.15, 0.2) is 24.3 Å². The number of carbonyl (C=O) groups is 2. The standard InChI is InChI=1S/C68H131NO5/c1-3-5-7-9-11-13-15-17-19-20-21-22-24-27-30-33-36-40-44-48-52-56-60-66(71)65(64-70)69-67(72)61-57-53-49-45-41-37-34-31-28-25-23-26-29-32-35-39-43-47-51-55-59-63-74-68(73)62-58-54-50-46-42-38-18-16-14-12-10-8-6-4-2/h10,12,16,18,65-66,70-71H,3-9,11,13-15,17,19-64H2,1-2H3,(H,69,72)/b12-10-,18-16-. The first-order valence-electron chi connectivity index (χ1n) is 33.6. The molecule has 3 N–H and O–H groups in total. The number of amides is 1. The number of hydrogen-bond donors (Lipinski definition) is 3. The van der Waals surface area contributed by atoms with E-state index in [1.54, 1.807) is 0 Å². The quantitative estimate of drug-likeness (QED) is 0.0320. The summed E-state index contributed by atoms with van der Waals surface area (Å²) >= 11 is 0. The maximum Gasteiger partial charge on any atom is 0.305 e. The van der Waals surface area contributed by atoms with E-state index in [1.165, 1.54) is 289 Å². The number of nitrogens with one attached hydrogen (secondary N) is 1. The number of carbonyl (C=O) groups excluding carboxylic acids is 2. The average Bonchev–Trinajstić information content (AvgIpc) is 3.40. The van der Waals surface area contributed by atoms with Crippen LogP contribution in [0.1, 0.15) is 373 Å². The van der Waals surface area contributed by atoms with Crippen LogP contribution in [0.4, 0.5) is 0 Å². The molecule has 0 saturated carbocycles. The zero-order valence-corrected chi connectivity index (χ0v) is 50.1. The Balaban J connectivity index is 3.39. The molecular formula is C68H131NO5. The molecule has 0 rings (SSSR count). The lowest BCUT2D eigenvalue weighted by atomic mass is 10.0. The van der Waals surface area contributed by atoms with Crippen LogP contribution in [0.25, 0.3) is 0 Å². The van der Waals surface area contributed by atoms with Gasteiger partial charge in [0.15, 0.2) is 0 Å². The van der Waals surface area contributed by atoms with Crippen LogP contribution in [0, 0.1) is 0 Å². The van der Waals surface area contributed by atoms with Crippen LogP contribution < -0.4 is 5.32 Å². The van der Waals surface area contributed by atoms with Gasteiger partial charge in [0.05, 0.1) is 25.4 Å². The molecule has 0 saturated heterocycles. The smallest absolute Gasteiger partial charge is 0.305 e. The summed E-state index contributed by atoms with van der Waals surface area (Å²) in [5.74, 6) is -0.0338. The van der Waals surface area contributed by atoms with Gasteiger partial charge in [0, 0.05) is 12.8 Å². The molecule has 6 heteroatoms. The molecule has 74 heavy (non-hydrogen) atoms. The molecule has 0 aromatic rings. The van der Waals surface area contributed by atoms with Crippen LogP contribution in [-0.4, -0.2) is 47.4 Å². The van der Waals surface area contributed by atoms with Crippen molar-refractivity contribution in [2.24, 2.45) is 0 Å². The lowest BCUT2D eigenvalue weighted by Crippen LogP contribution is -2.45. The van der Waals surface area contributed by atoms with Crippen molar-refractivity contribution in [1.29, 1.82) is 0 Å². The van der Waals surface area contributed by atoms with Crippen molar-refractivity contribution in [3.63, 3.8) is 0 Å². The van der Waals surface area contributed by atoms with Crippen molar-refractivity contribution < 1.29 is 24.5 Å². The van der Waals surface area contributed by atoms with Gasteiger partial charge in [-0.1, -0.05) is 334 Å². The lowest BCUT2D eigenvalue weighted by molar-refractivity contribution is -0.143. The zero-order valence-electron chi connectivity index (χ0n) is 50.1. The zero-order chi connectivity index (χ0) is 53.6. The van der Waals surface area contributed by atoms with Crippen LogP contribution in [-0.2, 0) is 14.3 Å². The monoisotopic (exact) mass is 1040 g/mol. The number of unbranched alkanes of at least 4 members (excludes halogenated alkanes) is 48. The van der Waals surface area contributed by atoms with E-state index in [0.29, 0.717) is 25.9 Å². The topological polar surface area (TPSA) is 95.9 Å². The molecule has 0 bridgehead atoms. The van der Waals surface area contributed by atoms with Crippen molar-refractivity contribution >= 4 is 11.9 Å².